The molecule has 0 aliphatic heterocycles. The molecule has 0 spiro atoms. The Hall–Kier alpha value is -2.08. The molecule has 0 aliphatic rings. The van der Waals surface area contributed by atoms with E-state index in [0.29, 0.717) is 5.92 Å². The van der Waals surface area contributed by atoms with Crippen molar-refractivity contribution in [3.63, 3.8) is 0 Å². The van der Waals surface area contributed by atoms with Crippen LogP contribution in [0, 0.1) is 5.92 Å². The van der Waals surface area contributed by atoms with Gasteiger partial charge in [0.25, 0.3) is 0 Å². The number of rotatable bonds is 7. The molecule has 0 aliphatic carbocycles. The van der Waals surface area contributed by atoms with E-state index in [1.807, 2.05) is 54.6 Å². The first-order valence-corrected chi connectivity index (χ1v) is 9.07. The molecule has 28 heavy (non-hydrogen) atoms. The minimum atomic E-state index is -0.313. The highest BCUT2D eigenvalue weighted by Gasteiger charge is 2.21. The van der Waals surface area contributed by atoms with Gasteiger partial charge in [0.2, 0.25) is 5.91 Å². The van der Waals surface area contributed by atoms with Gasteiger partial charge in [-0.05, 0) is 30.0 Å². The standard InChI is InChI=1S/C21H26N4O.2ClH/c1-14(2)12-19(21-24-17-10-6-7-11-18(17)25-21)23-20(26)13-16(22)15-8-4-3-5-9-15;;/h3-11,14,16,19H,12-13,22H2,1-2H3,(H,23,26)(H,24,25);2*1H. The Balaban J connectivity index is 0.00000196. The van der Waals surface area contributed by atoms with Crippen molar-refractivity contribution in [2.24, 2.45) is 11.7 Å². The van der Waals surface area contributed by atoms with Gasteiger partial charge in [-0.15, -0.1) is 24.8 Å². The zero-order valence-corrected chi connectivity index (χ0v) is 17.7. The fourth-order valence-corrected chi connectivity index (χ4v) is 3.12. The van der Waals surface area contributed by atoms with Gasteiger partial charge >= 0.3 is 0 Å². The zero-order valence-electron chi connectivity index (χ0n) is 16.1. The predicted molar refractivity (Wildman–Crippen MR) is 119 cm³/mol. The third kappa shape index (κ3) is 6.23. The fourth-order valence-electron chi connectivity index (χ4n) is 3.12. The number of benzene rings is 2. The average molecular weight is 423 g/mol. The molecule has 2 unspecified atom stereocenters. The SMILES string of the molecule is CC(C)CC(NC(=O)CC(N)c1ccccc1)c1nc2ccccc2[nH]1.Cl.Cl. The van der Waals surface area contributed by atoms with Crippen LogP contribution in [0.4, 0.5) is 0 Å². The lowest BCUT2D eigenvalue weighted by Gasteiger charge is -2.20. The smallest absolute Gasteiger partial charge is 0.222 e. The number of hydrogen-bond acceptors (Lipinski definition) is 3. The topological polar surface area (TPSA) is 83.8 Å². The van der Waals surface area contributed by atoms with Gasteiger partial charge in [0.05, 0.1) is 17.1 Å². The predicted octanol–water partition coefficient (Wildman–Crippen LogP) is 4.70. The van der Waals surface area contributed by atoms with Crippen molar-refractivity contribution >= 4 is 41.8 Å². The molecular formula is C21H28Cl2N4O. The van der Waals surface area contributed by atoms with Crippen LogP contribution in [-0.2, 0) is 4.79 Å². The largest absolute Gasteiger partial charge is 0.346 e. The molecule has 0 fully saturated rings. The van der Waals surface area contributed by atoms with E-state index in [9.17, 15) is 4.79 Å². The Morgan fingerprint density at radius 2 is 1.71 bits per heavy atom. The minimum absolute atomic E-state index is 0. The van der Waals surface area contributed by atoms with Gasteiger partial charge in [0, 0.05) is 12.5 Å². The summed E-state index contributed by atoms with van der Waals surface area (Å²) in [4.78, 5) is 20.6. The number of halogens is 2. The first-order valence-electron chi connectivity index (χ1n) is 9.07. The number of imidazole rings is 1. The van der Waals surface area contributed by atoms with Crippen LogP contribution in [0.1, 0.15) is 50.2 Å². The molecule has 1 heterocycles. The van der Waals surface area contributed by atoms with E-state index in [0.717, 1.165) is 28.8 Å². The van der Waals surface area contributed by atoms with Crippen molar-refractivity contribution in [3.05, 3.63) is 66.0 Å². The van der Waals surface area contributed by atoms with E-state index in [2.05, 4.69) is 29.1 Å². The fraction of sp³-hybridized carbons (Fsp3) is 0.333. The van der Waals surface area contributed by atoms with Gasteiger partial charge in [-0.1, -0.05) is 56.3 Å². The Morgan fingerprint density at radius 1 is 1.07 bits per heavy atom. The second kappa shape index (κ2) is 11.1. The van der Waals surface area contributed by atoms with E-state index >= 15 is 0 Å². The van der Waals surface area contributed by atoms with Crippen molar-refractivity contribution in [1.82, 2.24) is 15.3 Å². The van der Waals surface area contributed by atoms with Crippen LogP contribution in [0.3, 0.4) is 0 Å². The second-order valence-electron chi connectivity index (χ2n) is 7.11. The molecule has 3 rings (SSSR count). The molecule has 4 N–H and O–H groups in total. The molecular weight excluding hydrogens is 395 g/mol. The van der Waals surface area contributed by atoms with Gasteiger partial charge in [-0.25, -0.2) is 4.98 Å². The Bertz CT molecular complexity index is 834. The summed E-state index contributed by atoms with van der Waals surface area (Å²) >= 11 is 0. The normalized spacial score (nSPS) is 12.7. The number of nitrogens with zero attached hydrogens (tertiary/aromatic N) is 1. The summed E-state index contributed by atoms with van der Waals surface area (Å²) in [5, 5.41) is 3.11. The first-order chi connectivity index (χ1) is 12.5. The Labute approximate surface area is 178 Å². The van der Waals surface area contributed by atoms with E-state index in [1.165, 1.54) is 0 Å². The van der Waals surface area contributed by atoms with Crippen LogP contribution >= 0.6 is 24.8 Å². The number of hydrogen-bond donors (Lipinski definition) is 3. The number of aromatic amines is 1. The molecule has 1 aromatic heterocycles. The summed E-state index contributed by atoms with van der Waals surface area (Å²) in [5.74, 6) is 1.16. The maximum Gasteiger partial charge on any atom is 0.222 e. The van der Waals surface area contributed by atoms with Gasteiger partial charge in [-0.2, -0.15) is 0 Å². The van der Waals surface area contributed by atoms with Crippen LogP contribution in [0.25, 0.3) is 11.0 Å². The number of fused-ring (bicyclic) bond motifs is 1. The second-order valence-corrected chi connectivity index (χ2v) is 7.11. The molecule has 0 radical (unpaired) electrons. The lowest BCUT2D eigenvalue weighted by Crippen LogP contribution is -2.32. The third-order valence-electron chi connectivity index (χ3n) is 4.41. The first kappa shape index (κ1) is 24.0. The maximum absolute atomic E-state index is 12.6. The number of carbonyl (C=O) groups excluding carboxylic acids is 1. The summed E-state index contributed by atoms with van der Waals surface area (Å²) in [6, 6.07) is 17.1. The number of carbonyl (C=O) groups is 1. The number of aromatic nitrogens is 2. The molecule has 0 bridgehead atoms. The van der Waals surface area contributed by atoms with Crippen molar-refractivity contribution < 1.29 is 4.79 Å². The maximum atomic E-state index is 12.6. The van der Waals surface area contributed by atoms with Crippen molar-refractivity contribution in [2.45, 2.75) is 38.8 Å². The van der Waals surface area contributed by atoms with Gasteiger partial charge < -0.3 is 16.0 Å². The highest BCUT2D eigenvalue weighted by Crippen LogP contribution is 2.23. The van der Waals surface area contributed by atoms with Crippen LogP contribution in [0.2, 0.25) is 0 Å². The molecule has 5 nitrogen and oxygen atoms in total. The molecule has 0 saturated heterocycles. The Morgan fingerprint density at radius 3 is 2.36 bits per heavy atom. The molecule has 3 aromatic rings. The summed E-state index contributed by atoms with van der Waals surface area (Å²) < 4.78 is 0. The lowest BCUT2D eigenvalue weighted by atomic mass is 10.0. The quantitative estimate of drug-likeness (QED) is 0.515. The monoisotopic (exact) mass is 422 g/mol. The van der Waals surface area contributed by atoms with E-state index in [-0.39, 0.29) is 49.2 Å². The summed E-state index contributed by atoms with van der Waals surface area (Å²) in [6.07, 6.45) is 1.06. The highest BCUT2D eigenvalue weighted by atomic mass is 35.5. The number of amides is 1. The van der Waals surface area contributed by atoms with Gasteiger partial charge in [0.1, 0.15) is 5.82 Å². The number of H-pyrrole nitrogens is 1. The number of nitrogens with two attached hydrogens (primary N) is 1. The van der Waals surface area contributed by atoms with Gasteiger partial charge in [0.15, 0.2) is 0 Å². The zero-order chi connectivity index (χ0) is 18.5. The Kier molecular flexibility index (Phi) is 9.46. The molecule has 0 saturated carbocycles. The van der Waals surface area contributed by atoms with Crippen molar-refractivity contribution in [1.29, 1.82) is 0 Å². The number of nitrogens with one attached hydrogen (secondary N) is 2. The third-order valence-corrected chi connectivity index (χ3v) is 4.41. The number of para-hydroxylation sites is 2. The van der Waals surface area contributed by atoms with Crippen LogP contribution in [-0.4, -0.2) is 15.9 Å². The van der Waals surface area contributed by atoms with E-state index in [4.69, 9.17) is 5.73 Å². The van der Waals surface area contributed by atoms with Crippen molar-refractivity contribution in [2.75, 3.05) is 0 Å². The minimum Gasteiger partial charge on any atom is -0.346 e. The van der Waals surface area contributed by atoms with Crippen LogP contribution in [0.15, 0.2) is 54.6 Å². The molecule has 7 heteroatoms. The molecule has 1 amide bonds. The average Bonchev–Trinajstić information content (AvgIpc) is 3.05. The molecule has 2 atom stereocenters. The summed E-state index contributed by atoms with van der Waals surface area (Å²) in [7, 11) is 0. The van der Waals surface area contributed by atoms with Gasteiger partial charge in [-0.3, -0.25) is 4.79 Å². The van der Waals surface area contributed by atoms with Crippen LogP contribution in [0.5, 0.6) is 0 Å². The molecule has 152 valence electrons. The van der Waals surface area contributed by atoms with Crippen LogP contribution < -0.4 is 11.1 Å². The van der Waals surface area contributed by atoms with E-state index < -0.39 is 0 Å². The molecule has 2 aromatic carbocycles. The van der Waals surface area contributed by atoms with E-state index in [1.54, 1.807) is 0 Å². The lowest BCUT2D eigenvalue weighted by molar-refractivity contribution is -0.122. The summed E-state index contributed by atoms with van der Waals surface area (Å²) in [5.41, 5.74) is 9.04. The highest BCUT2D eigenvalue weighted by molar-refractivity contribution is 5.85. The van der Waals surface area contributed by atoms with Crippen molar-refractivity contribution in [3.8, 4) is 0 Å². The summed E-state index contributed by atoms with van der Waals surface area (Å²) in [6.45, 7) is 4.27.